The highest BCUT2D eigenvalue weighted by Gasteiger charge is 2.48. The quantitative estimate of drug-likeness (QED) is 0.0677. The molecule has 2 fully saturated rings. The third-order valence-electron chi connectivity index (χ3n) is 13.6. The van der Waals surface area contributed by atoms with E-state index in [1.165, 1.54) is 12.7 Å². The maximum absolute atomic E-state index is 10.8. The van der Waals surface area contributed by atoms with Gasteiger partial charge in [0, 0.05) is 20.1 Å². The first-order valence-corrected chi connectivity index (χ1v) is 25.5. The second-order valence-corrected chi connectivity index (χ2v) is 23.4. The van der Waals surface area contributed by atoms with Crippen LogP contribution < -0.4 is 15.8 Å². The van der Waals surface area contributed by atoms with Crippen LogP contribution in [0.3, 0.4) is 0 Å². The molecule has 0 aliphatic carbocycles. The zero-order valence-electron chi connectivity index (χ0n) is 39.9. The van der Waals surface area contributed by atoms with Crippen molar-refractivity contribution in [3.63, 3.8) is 0 Å². The van der Waals surface area contributed by atoms with Gasteiger partial charge < -0.3 is 49.4 Å². The molecule has 0 saturated carbocycles. The van der Waals surface area contributed by atoms with Crippen molar-refractivity contribution in [2.24, 2.45) is 5.92 Å². The number of hydrogen-bond donors (Lipinski definition) is 4. The molecule has 0 amide bonds. The van der Waals surface area contributed by atoms with Crippen LogP contribution in [0.4, 0.5) is 11.6 Å². The number of nitrogens with zero attached hydrogens (tertiary/aromatic N) is 8. The Morgan fingerprint density at radius 3 is 1.81 bits per heavy atom. The Morgan fingerprint density at radius 2 is 1.25 bits per heavy atom. The van der Waals surface area contributed by atoms with Crippen molar-refractivity contribution in [3.8, 4) is 5.75 Å². The van der Waals surface area contributed by atoms with Crippen LogP contribution >= 0.6 is 0 Å². The lowest BCUT2D eigenvalue weighted by Gasteiger charge is -2.37. The van der Waals surface area contributed by atoms with Gasteiger partial charge in [0.1, 0.15) is 60.1 Å². The number of anilines is 2. The van der Waals surface area contributed by atoms with Gasteiger partial charge in [0.15, 0.2) is 43.0 Å². The van der Waals surface area contributed by atoms with E-state index in [1.54, 1.807) is 38.6 Å². The molecule has 3 aromatic carbocycles. The lowest BCUT2D eigenvalue weighted by molar-refractivity contribution is -0.0516. The molecule has 0 bridgehead atoms. The molecule has 19 heteroatoms. The van der Waals surface area contributed by atoms with Gasteiger partial charge in [-0.15, -0.1) is 0 Å². The number of hydrogen-bond acceptors (Lipinski definition) is 16. The van der Waals surface area contributed by atoms with Gasteiger partial charge in [-0.2, -0.15) is 0 Å². The molecule has 2 aliphatic heterocycles. The van der Waals surface area contributed by atoms with E-state index in [0.717, 1.165) is 22.4 Å². The van der Waals surface area contributed by atoms with Crippen LogP contribution in [0.1, 0.15) is 56.8 Å². The van der Waals surface area contributed by atoms with Gasteiger partial charge >= 0.3 is 0 Å². The van der Waals surface area contributed by atoms with Crippen molar-refractivity contribution in [3.05, 3.63) is 127 Å². The summed E-state index contributed by atoms with van der Waals surface area (Å²) in [6.45, 7) is 13.2. The van der Waals surface area contributed by atoms with Crippen LogP contribution in [-0.4, -0.2) is 123 Å². The monoisotopic (exact) mass is 946 g/mol. The second kappa shape index (κ2) is 20.0. The third kappa shape index (κ3) is 9.07. The van der Waals surface area contributed by atoms with Crippen molar-refractivity contribution >= 4 is 42.3 Å². The van der Waals surface area contributed by atoms with Gasteiger partial charge in [0.25, 0.3) is 0 Å². The fraction of sp³-hybridized carbons (Fsp3) is 0.429. The fourth-order valence-electron chi connectivity index (χ4n) is 8.89. The summed E-state index contributed by atoms with van der Waals surface area (Å²) in [7, 11) is 2.91. The molecule has 7 aromatic rings. The first-order valence-electron chi connectivity index (χ1n) is 22.6. The van der Waals surface area contributed by atoms with Gasteiger partial charge in [-0.3, -0.25) is 9.13 Å². The topological polar surface area (TPSA) is 221 Å². The summed E-state index contributed by atoms with van der Waals surface area (Å²) in [4.78, 5) is 26.5. The number of rotatable bonds is 14. The van der Waals surface area contributed by atoms with Crippen molar-refractivity contribution in [1.82, 2.24) is 39.0 Å². The molecular formula is C49H62N10O8Si. The molecule has 18 nitrogen and oxygen atoms in total. The SMILES string of the molecule is COC1C(O)[C@H](n2cnc3c(N)ncnc32)O[C@@H]1CO[Si](C)(C)C(C)(C)C.COc1ccc(C(Nc2ncnc3c2ncn3[C@@H]2O[C@H](CO)C(OC)C2C)(c2ccccc2)c2ccccc2)cc1. The number of imidazole rings is 2. The molecule has 360 valence electrons. The van der Waals surface area contributed by atoms with Gasteiger partial charge in [-0.25, -0.2) is 29.9 Å². The Bertz CT molecular complexity index is 2720. The van der Waals surface area contributed by atoms with Gasteiger partial charge in [0.2, 0.25) is 0 Å². The van der Waals surface area contributed by atoms with Crippen LogP contribution in [-0.2, 0) is 28.9 Å². The number of nitrogens with two attached hydrogens (primary N) is 1. The molecule has 6 heterocycles. The van der Waals surface area contributed by atoms with Crippen LogP contribution in [0.5, 0.6) is 5.75 Å². The predicted molar refractivity (Wildman–Crippen MR) is 259 cm³/mol. The zero-order chi connectivity index (χ0) is 48.4. The molecule has 68 heavy (non-hydrogen) atoms. The van der Waals surface area contributed by atoms with E-state index in [0.29, 0.717) is 34.8 Å². The lowest BCUT2D eigenvalue weighted by Crippen LogP contribution is -2.45. The summed E-state index contributed by atoms with van der Waals surface area (Å²) < 4.78 is 38.8. The number of aromatic nitrogens is 8. The van der Waals surface area contributed by atoms with Crippen molar-refractivity contribution in [2.45, 2.75) is 94.3 Å². The van der Waals surface area contributed by atoms with E-state index >= 15 is 0 Å². The Kier molecular flexibility index (Phi) is 14.3. The largest absolute Gasteiger partial charge is 0.497 e. The zero-order valence-corrected chi connectivity index (χ0v) is 40.9. The number of methoxy groups -OCH3 is 3. The highest BCUT2D eigenvalue weighted by Crippen LogP contribution is 2.43. The van der Waals surface area contributed by atoms with E-state index in [9.17, 15) is 10.2 Å². The Hall–Kier alpha value is -5.90. The molecule has 0 radical (unpaired) electrons. The van der Waals surface area contributed by atoms with E-state index < -0.39 is 50.7 Å². The minimum Gasteiger partial charge on any atom is -0.497 e. The average molecular weight is 947 g/mol. The van der Waals surface area contributed by atoms with Crippen LogP contribution in [0, 0.1) is 5.92 Å². The van der Waals surface area contributed by atoms with Crippen molar-refractivity contribution in [1.29, 1.82) is 0 Å². The van der Waals surface area contributed by atoms with Crippen molar-refractivity contribution in [2.75, 3.05) is 45.6 Å². The average Bonchev–Trinajstić information content (AvgIpc) is 4.13. The normalized spacial score (nSPS) is 23.2. The smallest absolute Gasteiger partial charge is 0.192 e. The molecule has 4 unspecified atom stereocenters. The van der Waals surface area contributed by atoms with E-state index in [4.69, 9.17) is 43.8 Å². The number of nitrogens with one attached hydrogen (secondary N) is 1. The Labute approximate surface area is 397 Å². The van der Waals surface area contributed by atoms with Gasteiger partial charge in [-0.1, -0.05) is 100 Å². The number of aliphatic hydroxyl groups excluding tert-OH is 2. The number of aliphatic hydroxyl groups is 2. The standard InChI is InChI=1S/C32H33N5O4.C17H29N5O4Si/c1-21-28(40-3)26(18-38)41-31(21)37-20-35-27-29(33-19-34-30(27)37)36-32(22-10-6-4-7-11-22,23-12-8-5-9-13-23)24-14-16-25(39-2)17-15-24;1-17(2,3)27(5,6)25-7-10-13(24-4)12(23)16(26-10)22-9-21-11-14(18)19-8-20-15(11)22/h4-17,19-21,26,28,31,38H,18H2,1-3H3,(H,33,34,36);8-10,12-13,16,23H,7H2,1-6H3,(H2,18,19,20)/t21?,26-,28?,31-;10-,12?,13?,16-/m11/s1. The Morgan fingerprint density at radius 1 is 0.706 bits per heavy atom. The molecule has 4 aromatic heterocycles. The number of ether oxygens (including phenoxy) is 5. The molecule has 2 aliphatic rings. The first-order chi connectivity index (χ1) is 32.7. The van der Waals surface area contributed by atoms with Crippen LogP contribution in [0.2, 0.25) is 18.1 Å². The fourth-order valence-corrected chi connectivity index (χ4v) is 9.91. The maximum atomic E-state index is 10.8. The van der Waals surface area contributed by atoms with E-state index in [1.807, 2.05) is 60.0 Å². The van der Waals surface area contributed by atoms with E-state index in [-0.39, 0.29) is 29.5 Å². The highest BCUT2D eigenvalue weighted by atomic mass is 28.4. The Balaban J connectivity index is 0.000000201. The summed E-state index contributed by atoms with van der Waals surface area (Å²) in [6, 6.07) is 28.6. The maximum Gasteiger partial charge on any atom is 0.192 e. The van der Waals surface area contributed by atoms with Crippen LogP contribution in [0.25, 0.3) is 22.3 Å². The molecule has 9 rings (SSSR count). The molecule has 5 N–H and O–H groups in total. The lowest BCUT2D eigenvalue weighted by atomic mass is 9.77. The predicted octanol–water partition coefficient (Wildman–Crippen LogP) is 6.48. The first kappa shape index (κ1) is 48.6. The molecule has 2 saturated heterocycles. The number of fused-ring (bicyclic) bond motifs is 2. The third-order valence-corrected chi connectivity index (χ3v) is 18.1. The summed E-state index contributed by atoms with van der Waals surface area (Å²) in [6.07, 6.45) is 2.58. The highest BCUT2D eigenvalue weighted by molar-refractivity contribution is 6.74. The van der Waals surface area contributed by atoms with E-state index in [2.05, 4.69) is 95.5 Å². The second-order valence-electron chi connectivity index (χ2n) is 18.6. The summed E-state index contributed by atoms with van der Waals surface area (Å²) in [5.74, 6) is 1.60. The molecular weight excluding hydrogens is 885 g/mol. The van der Waals surface area contributed by atoms with Gasteiger partial charge in [0.05, 0.1) is 39.1 Å². The van der Waals surface area contributed by atoms with Crippen LogP contribution in [0.15, 0.2) is 110 Å². The number of nitrogen functional groups attached to an aromatic ring is 1. The summed E-state index contributed by atoms with van der Waals surface area (Å²) >= 11 is 0. The molecule has 0 spiro atoms. The summed E-state index contributed by atoms with van der Waals surface area (Å²) in [5.41, 5.74) is 10.3. The minimum atomic E-state index is -1.95. The minimum absolute atomic E-state index is 0.0343. The number of benzene rings is 3. The molecule has 8 atom stereocenters. The van der Waals surface area contributed by atoms with Gasteiger partial charge in [-0.05, 0) is 47.0 Å². The summed E-state index contributed by atoms with van der Waals surface area (Å²) in [5, 5.41) is 24.5. The van der Waals surface area contributed by atoms with Crippen molar-refractivity contribution < 1.29 is 38.3 Å².